The van der Waals surface area contributed by atoms with Gasteiger partial charge in [0.05, 0.1) is 10.3 Å². The predicted octanol–water partition coefficient (Wildman–Crippen LogP) is 2.91. The van der Waals surface area contributed by atoms with Gasteiger partial charge in [-0.2, -0.15) is 0 Å². The van der Waals surface area contributed by atoms with Crippen LogP contribution in [0.4, 0.5) is 5.82 Å². The van der Waals surface area contributed by atoms with Crippen LogP contribution < -0.4 is 5.32 Å². The monoisotopic (exact) mass is 269 g/mol. The lowest BCUT2D eigenvalue weighted by molar-refractivity contribution is 1.10. The minimum atomic E-state index is 0.799. The Morgan fingerprint density at radius 2 is 2.29 bits per heavy atom. The van der Waals surface area contributed by atoms with Crippen molar-refractivity contribution in [2.24, 2.45) is 0 Å². The Hall–Kier alpha value is -0.940. The Bertz CT molecular complexity index is 401. The van der Waals surface area contributed by atoms with Gasteiger partial charge in [0.15, 0.2) is 0 Å². The van der Waals surface area contributed by atoms with Gasteiger partial charge < -0.3 is 5.32 Å². The second-order valence-corrected chi connectivity index (χ2v) is 5.20. The van der Waals surface area contributed by atoms with Crippen molar-refractivity contribution >= 4 is 33.1 Å². The molecule has 0 unspecified atom stereocenters. The third-order valence-corrected chi connectivity index (χ3v) is 3.28. The third kappa shape index (κ3) is 2.52. The Balaban J connectivity index is 1.95. The topological polar surface area (TPSA) is 37.8 Å². The molecule has 2 rings (SSSR count). The first kappa shape index (κ1) is 9.61. The SMILES string of the molecule is Brc1ccc(CNc2ccncn2)s1. The number of anilines is 1. The second kappa shape index (κ2) is 4.52. The van der Waals surface area contributed by atoms with E-state index >= 15 is 0 Å². The largest absolute Gasteiger partial charge is 0.365 e. The van der Waals surface area contributed by atoms with Gasteiger partial charge in [-0.05, 0) is 34.1 Å². The van der Waals surface area contributed by atoms with Crippen molar-refractivity contribution in [1.82, 2.24) is 9.97 Å². The molecule has 2 aromatic rings. The Kier molecular flexibility index (Phi) is 3.10. The van der Waals surface area contributed by atoms with Gasteiger partial charge >= 0.3 is 0 Å². The van der Waals surface area contributed by atoms with Crippen LogP contribution in [0.2, 0.25) is 0 Å². The van der Waals surface area contributed by atoms with E-state index in [1.54, 1.807) is 17.5 Å². The van der Waals surface area contributed by atoms with Gasteiger partial charge in [0.25, 0.3) is 0 Å². The van der Waals surface area contributed by atoms with E-state index in [9.17, 15) is 0 Å². The normalized spacial score (nSPS) is 10.1. The number of nitrogens with zero attached hydrogens (tertiary/aromatic N) is 2. The van der Waals surface area contributed by atoms with Gasteiger partial charge in [0, 0.05) is 11.1 Å². The predicted molar refractivity (Wildman–Crippen MR) is 61.4 cm³/mol. The number of hydrogen-bond donors (Lipinski definition) is 1. The summed E-state index contributed by atoms with van der Waals surface area (Å²) in [5.74, 6) is 0.851. The molecule has 0 saturated heterocycles. The second-order valence-electron chi connectivity index (χ2n) is 2.65. The molecule has 2 heterocycles. The summed E-state index contributed by atoms with van der Waals surface area (Å²) >= 11 is 5.14. The Morgan fingerprint density at radius 3 is 2.93 bits per heavy atom. The van der Waals surface area contributed by atoms with Crippen LogP contribution in [0, 0.1) is 0 Å². The summed E-state index contributed by atoms with van der Waals surface area (Å²) in [5, 5.41) is 3.21. The zero-order valence-electron chi connectivity index (χ0n) is 7.27. The van der Waals surface area contributed by atoms with Crippen LogP contribution in [0.25, 0.3) is 0 Å². The lowest BCUT2D eigenvalue weighted by Gasteiger charge is -2.01. The molecule has 0 radical (unpaired) electrons. The zero-order valence-corrected chi connectivity index (χ0v) is 9.68. The molecule has 0 amide bonds. The molecule has 0 bridgehead atoms. The summed E-state index contributed by atoms with van der Waals surface area (Å²) < 4.78 is 1.15. The molecule has 0 saturated carbocycles. The highest BCUT2D eigenvalue weighted by atomic mass is 79.9. The van der Waals surface area contributed by atoms with Crippen molar-refractivity contribution in [2.45, 2.75) is 6.54 Å². The van der Waals surface area contributed by atoms with Gasteiger partial charge in [0.2, 0.25) is 0 Å². The first-order chi connectivity index (χ1) is 6.84. The molecule has 0 fully saturated rings. The van der Waals surface area contributed by atoms with Crippen molar-refractivity contribution in [3.05, 3.63) is 39.4 Å². The van der Waals surface area contributed by atoms with Crippen LogP contribution >= 0.6 is 27.3 Å². The summed E-state index contributed by atoms with van der Waals surface area (Å²) in [6, 6.07) is 5.98. The lowest BCUT2D eigenvalue weighted by atomic mass is 10.4. The van der Waals surface area contributed by atoms with Gasteiger partial charge in [-0.15, -0.1) is 11.3 Å². The van der Waals surface area contributed by atoms with E-state index in [0.29, 0.717) is 0 Å². The van der Waals surface area contributed by atoms with Gasteiger partial charge in [-0.3, -0.25) is 0 Å². The first-order valence-electron chi connectivity index (χ1n) is 4.09. The zero-order chi connectivity index (χ0) is 9.80. The number of rotatable bonds is 3. The van der Waals surface area contributed by atoms with Crippen molar-refractivity contribution in [2.75, 3.05) is 5.32 Å². The fourth-order valence-corrected chi connectivity index (χ4v) is 2.44. The van der Waals surface area contributed by atoms with E-state index in [4.69, 9.17) is 0 Å². The summed E-state index contributed by atoms with van der Waals surface area (Å²) in [7, 11) is 0. The minimum absolute atomic E-state index is 0.799. The van der Waals surface area contributed by atoms with Crippen LogP contribution in [0.5, 0.6) is 0 Å². The average molecular weight is 270 g/mol. The summed E-state index contributed by atoms with van der Waals surface area (Å²) in [6.45, 7) is 0.799. The third-order valence-electron chi connectivity index (χ3n) is 1.65. The van der Waals surface area contributed by atoms with E-state index in [2.05, 4.69) is 37.3 Å². The fourth-order valence-electron chi connectivity index (χ4n) is 1.02. The minimum Gasteiger partial charge on any atom is -0.365 e. The molecule has 0 aliphatic heterocycles. The molecule has 3 nitrogen and oxygen atoms in total. The smallest absolute Gasteiger partial charge is 0.129 e. The molecule has 2 aromatic heterocycles. The van der Waals surface area contributed by atoms with Crippen LogP contribution in [-0.2, 0) is 6.54 Å². The molecule has 72 valence electrons. The maximum absolute atomic E-state index is 4.07. The van der Waals surface area contributed by atoms with Crippen LogP contribution in [0.3, 0.4) is 0 Å². The maximum atomic E-state index is 4.07. The molecular formula is C9H8BrN3S. The van der Waals surface area contributed by atoms with Crippen molar-refractivity contribution in [3.63, 3.8) is 0 Å². The standard InChI is InChI=1S/C9H8BrN3S/c10-8-2-1-7(14-8)5-12-9-3-4-11-6-13-9/h1-4,6H,5H2,(H,11,12,13). The van der Waals surface area contributed by atoms with Crippen molar-refractivity contribution in [1.29, 1.82) is 0 Å². The van der Waals surface area contributed by atoms with Crippen molar-refractivity contribution < 1.29 is 0 Å². The average Bonchev–Trinajstić information content (AvgIpc) is 2.63. The maximum Gasteiger partial charge on any atom is 0.129 e. The highest BCUT2D eigenvalue weighted by Crippen LogP contribution is 2.22. The van der Waals surface area contributed by atoms with Crippen LogP contribution in [0.15, 0.2) is 34.5 Å². The molecule has 5 heteroatoms. The molecule has 1 N–H and O–H groups in total. The van der Waals surface area contributed by atoms with E-state index in [1.807, 2.05) is 12.1 Å². The van der Waals surface area contributed by atoms with E-state index < -0.39 is 0 Å². The molecule has 14 heavy (non-hydrogen) atoms. The van der Waals surface area contributed by atoms with Crippen LogP contribution in [-0.4, -0.2) is 9.97 Å². The number of aromatic nitrogens is 2. The molecule has 0 atom stereocenters. The molecule has 0 aliphatic carbocycles. The number of nitrogens with one attached hydrogen (secondary N) is 1. The Morgan fingerprint density at radius 1 is 1.36 bits per heavy atom. The molecular weight excluding hydrogens is 262 g/mol. The fraction of sp³-hybridized carbons (Fsp3) is 0.111. The Labute approximate surface area is 94.4 Å². The van der Waals surface area contributed by atoms with E-state index in [-0.39, 0.29) is 0 Å². The van der Waals surface area contributed by atoms with Gasteiger partial charge in [-0.25, -0.2) is 9.97 Å². The van der Waals surface area contributed by atoms with Gasteiger partial charge in [-0.1, -0.05) is 0 Å². The molecule has 0 spiro atoms. The summed E-state index contributed by atoms with van der Waals surface area (Å²) in [4.78, 5) is 9.19. The highest BCUT2D eigenvalue weighted by molar-refractivity contribution is 9.11. The first-order valence-corrected chi connectivity index (χ1v) is 5.69. The molecule has 0 aromatic carbocycles. The number of halogens is 1. The van der Waals surface area contributed by atoms with E-state index in [0.717, 1.165) is 16.1 Å². The summed E-state index contributed by atoms with van der Waals surface area (Å²) in [5.41, 5.74) is 0. The van der Waals surface area contributed by atoms with E-state index in [1.165, 1.54) is 11.2 Å². The number of thiophene rings is 1. The lowest BCUT2D eigenvalue weighted by Crippen LogP contribution is -1.99. The highest BCUT2D eigenvalue weighted by Gasteiger charge is 1.97. The molecule has 0 aliphatic rings. The summed E-state index contributed by atoms with van der Waals surface area (Å²) in [6.07, 6.45) is 3.26. The number of hydrogen-bond acceptors (Lipinski definition) is 4. The van der Waals surface area contributed by atoms with Gasteiger partial charge in [0.1, 0.15) is 12.1 Å². The van der Waals surface area contributed by atoms with Crippen molar-refractivity contribution in [3.8, 4) is 0 Å². The quantitative estimate of drug-likeness (QED) is 0.931. The van der Waals surface area contributed by atoms with Crippen LogP contribution in [0.1, 0.15) is 4.88 Å².